The monoisotopic (exact) mass is 538 g/mol. The summed E-state index contributed by atoms with van der Waals surface area (Å²) in [6.45, 7) is 8.62. The van der Waals surface area contributed by atoms with Crippen molar-refractivity contribution < 1.29 is 27.9 Å². The molecule has 4 atom stereocenters. The lowest BCUT2D eigenvalue weighted by Crippen LogP contribution is -2.57. The molecule has 1 saturated carbocycles. The van der Waals surface area contributed by atoms with E-state index in [4.69, 9.17) is 10.5 Å². The highest BCUT2D eigenvalue weighted by Crippen LogP contribution is 2.41. The van der Waals surface area contributed by atoms with Gasteiger partial charge in [-0.15, -0.1) is 0 Å². The molecule has 1 saturated heterocycles. The molecule has 1 aromatic rings. The molecule has 2 heterocycles. The summed E-state index contributed by atoms with van der Waals surface area (Å²) in [5.74, 6) is -0.611. The smallest absolute Gasteiger partial charge is 0.417 e. The molecule has 3 N–H and O–H groups in total. The van der Waals surface area contributed by atoms with Crippen LogP contribution in [0.2, 0.25) is 0 Å². The highest BCUT2D eigenvalue weighted by molar-refractivity contribution is 7.89. The fourth-order valence-corrected chi connectivity index (χ4v) is 7.03. The quantitative estimate of drug-likeness (QED) is 0.563. The summed E-state index contributed by atoms with van der Waals surface area (Å²) >= 11 is 0. The van der Waals surface area contributed by atoms with Crippen LogP contribution in [-0.4, -0.2) is 76.1 Å². The number of nitrogens with two attached hydrogens (primary N) is 1. The maximum atomic E-state index is 13.7. The van der Waals surface area contributed by atoms with Gasteiger partial charge in [0.15, 0.2) is 5.03 Å². The van der Waals surface area contributed by atoms with Gasteiger partial charge in [0.05, 0.1) is 18.2 Å². The van der Waals surface area contributed by atoms with E-state index in [0.717, 1.165) is 30.6 Å². The van der Waals surface area contributed by atoms with E-state index < -0.39 is 51.9 Å². The first-order chi connectivity index (χ1) is 17.1. The minimum Gasteiger partial charge on any atom is -0.443 e. The number of aliphatic hydroxyl groups is 1. The van der Waals surface area contributed by atoms with Gasteiger partial charge in [-0.2, -0.15) is 4.31 Å². The van der Waals surface area contributed by atoms with Crippen LogP contribution in [0.15, 0.2) is 29.4 Å². The van der Waals surface area contributed by atoms with Gasteiger partial charge in [-0.3, -0.25) is 4.79 Å². The summed E-state index contributed by atoms with van der Waals surface area (Å²) in [7, 11) is -4.01. The predicted molar refractivity (Wildman–Crippen MR) is 139 cm³/mol. The number of amides is 2. The first kappa shape index (κ1) is 29.5. The standard InChI is InChI=1S/C26H42N4O6S/c1-18-11-12-20(21(31)17-29(18)37(34,35)22-10-6-9-15-28-22)30(24(33)36-25(2,3)4)23(32)19(27)16-26(5)13-7-8-14-26/h6,9-10,15,18-21,31H,7-8,11-14,16-17,27H2,1-5H3/t18-,19?,20+,21-/m1/s1. The van der Waals surface area contributed by atoms with Crippen LogP contribution in [0.5, 0.6) is 0 Å². The van der Waals surface area contributed by atoms with Crippen LogP contribution in [0, 0.1) is 5.41 Å². The molecule has 1 unspecified atom stereocenters. The number of nitrogens with zero attached hydrogens (tertiary/aromatic N) is 3. The number of hydrogen-bond donors (Lipinski definition) is 2. The maximum absolute atomic E-state index is 13.7. The van der Waals surface area contributed by atoms with Crippen molar-refractivity contribution in [3.63, 3.8) is 0 Å². The molecule has 3 rings (SSSR count). The van der Waals surface area contributed by atoms with Crippen LogP contribution in [0.25, 0.3) is 0 Å². The van der Waals surface area contributed by atoms with Gasteiger partial charge < -0.3 is 15.6 Å². The van der Waals surface area contributed by atoms with Gasteiger partial charge in [-0.25, -0.2) is 23.1 Å². The molecular weight excluding hydrogens is 496 g/mol. The molecule has 0 bridgehead atoms. The minimum absolute atomic E-state index is 0.0845. The maximum Gasteiger partial charge on any atom is 0.417 e. The molecule has 2 fully saturated rings. The molecule has 1 aliphatic heterocycles. The second kappa shape index (κ2) is 11.3. The van der Waals surface area contributed by atoms with E-state index in [1.165, 1.54) is 16.6 Å². The predicted octanol–water partition coefficient (Wildman–Crippen LogP) is 3.05. The molecule has 0 spiro atoms. The van der Waals surface area contributed by atoms with E-state index in [1.54, 1.807) is 39.8 Å². The van der Waals surface area contributed by atoms with E-state index in [1.807, 2.05) is 0 Å². The van der Waals surface area contributed by atoms with E-state index in [0.29, 0.717) is 12.8 Å². The van der Waals surface area contributed by atoms with Gasteiger partial charge in [0, 0.05) is 18.8 Å². The Kier molecular flexibility index (Phi) is 9.04. The fraction of sp³-hybridized carbons (Fsp3) is 0.731. The fourth-order valence-electron chi connectivity index (χ4n) is 5.42. The van der Waals surface area contributed by atoms with Crippen LogP contribution in [-0.2, 0) is 19.6 Å². The lowest BCUT2D eigenvalue weighted by atomic mass is 9.82. The van der Waals surface area contributed by atoms with E-state index in [-0.39, 0.29) is 23.4 Å². The number of ether oxygens (including phenoxy) is 1. The zero-order valence-corrected chi connectivity index (χ0v) is 23.4. The van der Waals surface area contributed by atoms with Crippen molar-refractivity contribution in [1.82, 2.24) is 14.2 Å². The highest BCUT2D eigenvalue weighted by atomic mass is 32.2. The Balaban J connectivity index is 1.90. The van der Waals surface area contributed by atoms with Crippen LogP contribution in [0.4, 0.5) is 4.79 Å². The molecule has 10 nitrogen and oxygen atoms in total. The molecule has 208 valence electrons. The summed E-state index contributed by atoms with van der Waals surface area (Å²) in [5.41, 5.74) is 5.42. The van der Waals surface area contributed by atoms with Crippen molar-refractivity contribution in [2.45, 2.75) is 114 Å². The second-order valence-electron chi connectivity index (χ2n) is 11.8. The number of β-amino-alcohol motifs (C(OH)–C–C–N with tert-alkyl or cyclic N) is 1. The molecule has 2 aliphatic rings. The van der Waals surface area contributed by atoms with Crippen LogP contribution < -0.4 is 5.73 Å². The number of carbonyl (C=O) groups is 2. The normalized spacial score (nSPS) is 25.8. The van der Waals surface area contributed by atoms with E-state index in [9.17, 15) is 23.1 Å². The average molecular weight is 539 g/mol. The zero-order valence-electron chi connectivity index (χ0n) is 22.6. The lowest BCUT2D eigenvalue weighted by molar-refractivity contribution is -0.137. The van der Waals surface area contributed by atoms with Crippen molar-refractivity contribution in [3.05, 3.63) is 24.4 Å². The molecule has 11 heteroatoms. The summed E-state index contributed by atoms with van der Waals surface area (Å²) < 4.78 is 33.4. The van der Waals surface area contributed by atoms with Crippen molar-refractivity contribution in [3.8, 4) is 0 Å². The summed E-state index contributed by atoms with van der Waals surface area (Å²) in [4.78, 5) is 31.9. The number of pyridine rings is 1. The molecular formula is C26H42N4O6S. The molecule has 37 heavy (non-hydrogen) atoms. The zero-order chi connectivity index (χ0) is 27.6. The number of hydrogen-bond acceptors (Lipinski definition) is 8. The third kappa shape index (κ3) is 7.07. The Morgan fingerprint density at radius 3 is 2.49 bits per heavy atom. The van der Waals surface area contributed by atoms with Crippen LogP contribution in [0.3, 0.4) is 0 Å². The highest BCUT2D eigenvalue weighted by Gasteiger charge is 2.45. The van der Waals surface area contributed by atoms with Gasteiger partial charge in [0.2, 0.25) is 5.91 Å². The molecule has 0 radical (unpaired) electrons. The molecule has 2 amide bonds. The Hall–Kier alpha value is -2.08. The minimum atomic E-state index is -4.01. The van der Waals surface area contributed by atoms with Crippen LogP contribution >= 0.6 is 0 Å². The van der Waals surface area contributed by atoms with Crippen molar-refractivity contribution >= 4 is 22.0 Å². The number of rotatable bonds is 6. The first-order valence-corrected chi connectivity index (χ1v) is 14.5. The van der Waals surface area contributed by atoms with E-state index in [2.05, 4.69) is 11.9 Å². The number of sulfonamides is 1. The van der Waals surface area contributed by atoms with Crippen molar-refractivity contribution in [2.24, 2.45) is 11.1 Å². The summed E-state index contributed by atoms with van der Waals surface area (Å²) in [5, 5.41) is 11.1. The van der Waals surface area contributed by atoms with Crippen molar-refractivity contribution in [1.29, 1.82) is 0 Å². The van der Waals surface area contributed by atoms with Gasteiger partial charge in [0.1, 0.15) is 5.60 Å². The Morgan fingerprint density at radius 2 is 1.92 bits per heavy atom. The van der Waals surface area contributed by atoms with Gasteiger partial charge in [-0.1, -0.05) is 25.8 Å². The molecule has 1 aromatic heterocycles. The second-order valence-corrected chi connectivity index (χ2v) is 13.7. The largest absolute Gasteiger partial charge is 0.443 e. The summed E-state index contributed by atoms with van der Waals surface area (Å²) in [6.07, 6.45) is 4.18. The first-order valence-electron chi connectivity index (χ1n) is 13.1. The van der Waals surface area contributed by atoms with Gasteiger partial charge in [-0.05, 0) is 77.3 Å². The Bertz CT molecular complexity index is 1050. The Labute approximate surface area is 220 Å². The number of aliphatic hydroxyl groups excluding tert-OH is 1. The SMILES string of the molecule is C[C@@H]1CC[C@H](N(C(=O)OC(C)(C)C)C(=O)C(N)CC2(C)CCCC2)[C@H](O)CN1S(=O)(=O)c1ccccn1. The number of imide groups is 1. The van der Waals surface area contributed by atoms with Crippen molar-refractivity contribution in [2.75, 3.05) is 6.54 Å². The molecule has 1 aliphatic carbocycles. The topological polar surface area (TPSA) is 143 Å². The Morgan fingerprint density at radius 1 is 1.27 bits per heavy atom. The third-order valence-electron chi connectivity index (χ3n) is 7.39. The average Bonchev–Trinajstić information content (AvgIpc) is 3.17. The number of carbonyl (C=O) groups excluding carboxylic acids is 2. The number of aromatic nitrogens is 1. The third-order valence-corrected chi connectivity index (χ3v) is 9.29. The van der Waals surface area contributed by atoms with E-state index >= 15 is 0 Å². The van der Waals surface area contributed by atoms with Gasteiger partial charge >= 0.3 is 6.09 Å². The molecule has 0 aromatic carbocycles. The lowest BCUT2D eigenvalue weighted by Gasteiger charge is -2.36. The van der Waals surface area contributed by atoms with Crippen LogP contribution in [0.1, 0.15) is 79.6 Å². The summed E-state index contributed by atoms with van der Waals surface area (Å²) in [6, 6.07) is 2.17. The van der Waals surface area contributed by atoms with Gasteiger partial charge in [0.25, 0.3) is 10.0 Å².